The maximum atomic E-state index is 13.2. The molecule has 0 aliphatic carbocycles. The Labute approximate surface area is 209 Å². The summed E-state index contributed by atoms with van der Waals surface area (Å²) in [6.07, 6.45) is 0. The van der Waals surface area contributed by atoms with Crippen LogP contribution in [0.1, 0.15) is 42.6 Å². The lowest BCUT2D eigenvalue weighted by molar-refractivity contribution is -0.139. The third kappa shape index (κ3) is 4.93. The van der Waals surface area contributed by atoms with Crippen molar-refractivity contribution >= 4 is 23.6 Å². The van der Waals surface area contributed by atoms with Crippen LogP contribution in [0.5, 0.6) is 0 Å². The third-order valence-corrected chi connectivity index (χ3v) is 5.37. The van der Waals surface area contributed by atoms with E-state index in [1.165, 1.54) is 24.1 Å². The largest absolute Gasteiger partial charge is 0.466 e. The normalized spacial score (nSPS) is 15.8. The average Bonchev–Trinajstić information content (AvgIpc) is 2.86. The van der Waals surface area contributed by atoms with Gasteiger partial charge in [-0.3, -0.25) is 4.90 Å². The van der Waals surface area contributed by atoms with Gasteiger partial charge in [0.1, 0.15) is 17.1 Å². The maximum absolute atomic E-state index is 13.2. The molecule has 0 saturated carbocycles. The molecule has 1 atom stereocenters. The van der Waals surface area contributed by atoms with Crippen LogP contribution in [-0.4, -0.2) is 37.7 Å². The summed E-state index contributed by atoms with van der Waals surface area (Å²) in [6, 6.07) is 17.0. The molecule has 1 aliphatic heterocycles. The molecule has 3 rings (SSSR count). The van der Waals surface area contributed by atoms with Crippen molar-refractivity contribution in [2.45, 2.75) is 32.3 Å². The van der Waals surface area contributed by atoms with E-state index in [2.05, 4.69) is 6.07 Å². The number of hydrogen-bond acceptors (Lipinski definition) is 9. The van der Waals surface area contributed by atoms with E-state index in [0.717, 1.165) is 7.11 Å². The number of nitriles is 1. The second-order valence-electron chi connectivity index (χ2n) is 8.85. The van der Waals surface area contributed by atoms with Crippen molar-refractivity contribution in [3.05, 3.63) is 88.4 Å². The molecule has 2 N–H and O–H groups in total. The standard InChI is InChI=1S/C27H27N3O6/c1-27(2,3)36-24(31)17-13-9-10-14-19(17)30-22(26(33)35-5)21(25(32)34-4)20(18(15-28)23(30)29)16-11-7-6-8-12-16/h6-14,20H,29H2,1-5H3. The molecule has 0 radical (unpaired) electrons. The second-order valence-corrected chi connectivity index (χ2v) is 8.85. The number of nitrogens with zero attached hydrogens (tertiary/aromatic N) is 2. The number of allylic oxidation sites excluding steroid dienone is 1. The Morgan fingerprint density at radius 1 is 0.917 bits per heavy atom. The smallest absolute Gasteiger partial charge is 0.355 e. The first-order valence-corrected chi connectivity index (χ1v) is 11.0. The Balaban J connectivity index is 2.40. The highest BCUT2D eigenvalue weighted by Gasteiger charge is 2.43. The van der Waals surface area contributed by atoms with E-state index >= 15 is 0 Å². The lowest BCUT2D eigenvalue weighted by atomic mass is 9.80. The number of hydrogen-bond donors (Lipinski definition) is 1. The molecule has 0 saturated heterocycles. The predicted molar refractivity (Wildman–Crippen MR) is 131 cm³/mol. The minimum absolute atomic E-state index is 0.00625. The van der Waals surface area contributed by atoms with Crippen molar-refractivity contribution in [1.29, 1.82) is 5.26 Å². The zero-order valence-electron chi connectivity index (χ0n) is 20.7. The van der Waals surface area contributed by atoms with Gasteiger partial charge in [0.2, 0.25) is 0 Å². The SMILES string of the molecule is COC(=O)C1=C(C(=O)OC)N(c2ccccc2C(=O)OC(C)(C)C)C(N)=C(C#N)C1c1ccccc1. The van der Waals surface area contributed by atoms with Gasteiger partial charge in [-0.15, -0.1) is 0 Å². The highest BCUT2D eigenvalue weighted by Crippen LogP contribution is 2.44. The van der Waals surface area contributed by atoms with Crippen molar-refractivity contribution in [3.8, 4) is 6.07 Å². The van der Waals surface area contributed by atoms with E-state index in [0.29, 0.717) is 5.56 Å². The van der Waals surface area contributed by atoms with Crippen molar-refractivity contribution < 1.29 is 28.6 Å². The summed E-state index contributed by atoms with van der Waals surface area (Å²) in [5.74, 6) is -3.60. The number of para-hydroxylation sites is 1. The van der Waals surface area contributed by atoms with E-state index in [1.54, 1.807) is 63.2 Å². The molecule has 9 heteroatoms. The molecule has 9 nitrogen and oxygen atoms in total. The number of methoxy groups -OCH3 is 2. The van der Waals surface area contributed by atoms with Crippen LogP contribution in [0.3, 0.4) is 0 Å². The van der Waals surface area contributed by atoms with Crippen LogP contribution in [0.15, 0.2) is 77.3 Å². The summed E-state index contributed by atoms with van der Waals surface area (Å²) in [6.45, 7) is 5.15. The van der Waals surface area contributed by atoms with Crippen LogP contribution in [0.2, 0.25) is 0 Å². The Morgan fingerprint density at radius 3 is 2.06 bits per heavy atom. The van der Waals surface area contributed by atoms with Gasteiger partial charge >= 0.3 is 17.9 Å². The van der Waals surface area contributed by atoms with E-state index < -0.39 is 29.4 Å². The quantitative estimate of drug-likeness (QED) is 0.495. The Morgan fingerprint density at radius 2 is 1.50 bits per heavy atom. The van der Waals surface area contributed by atoms with E-state index in [1.807, 2.05) is 0 Å². The van der Waals surface area contributed by atoms with Crippen LogP contribution in [0.25, 0.3) is 0 Å². The fourth-order valence-electron chi connectivity index (χ4n) is 3.94. The van der Waals surface area contributed by atoms with Gasteiger partial charge in [-0.25, -0.2) is 14.4 Å². The van der Waals surface area contributed by atoms with Gasteiger partial charge in [-0.1, -0.05) is 42.5 Å². The van der Waals surface area contributed by atoms with E-state index in [-0.39, 0.29) is 33.9 Å². The van der Waals surface area contributed by atoms with Gasteiger partial charge < -0.3 is 19.9 Å². The molecule has 186 valence electrons. The summed E-state index contributed by atoms with van der Waals surface area (Å²) in [7, 11) is 2.32. The van der Waals surface area contributed by atoms with Crippen molar-refractivity contribution in [2.24, 2.45) is 5.73 Å². The Bertz CT molecular complexity index is 1300. The Kier molecular flexibility index (Phi) is 7.49. The zero-order valence-corrected chi connectivity index (χ0v) is 20.7. The molecule has 0 aromatic heterocycles. The molecule has 2 aromatic rings. The number of ether oxygens (including phenoxy) is 3. The van der Waals surface area contributed by atoms with Crippen molar-refractivity contribution in [2.75, 3.05) is 19.1 Å². The summed E-state index contributed by atoms with van der Waals surface area (Å²) < 4.78 is 15.6. The highest BCUT2D eigenvalue weighted by atomic mass is 16.6. The van der Waals surface area contributed by atoms with E-state index in [9.17, 15) is 19.6 Å². The molecule has 0 fully saturated rings. The van der Waals surface area contributed by atoms with Gasteiger partial charge in [-0.2, -0.15) is 5.26 Å². The molecule has 0 bridgehead atoms. The van der Waals surface area contributed by atoms with Gasteiger partial charge in [0.25, 0.3) is 0 Å². The topological polar surface area (TPSA) is 132 Å². The minimum Gasteiger partial charge on any atom is -0.466 e. The number of benzene rings is 2. The molecule has 36 heavy (non-hydrogen) atoms. The van der Waals surface area contributed by atoms with Crippen LogP contribution >= 0.6 is 0 Å². The summed E-state index contributed by atoms with van der Waals surface area (Å²) in [4.78, 5) is 40.6. The number of esters is 3. The fraction of sp³-hybridized carbons (Fsp3) is 0.259. The molecule has 0 amide bonds. The number of carbonyl (C=O) groups excluding carboxylic acids is 3. The fourth-order valence-corrected chi connectivity index (χ4v) is 3.94. The predicted octanol–water partition coefficient (Wildman–Crippen LogP) is 3.54. The third-order valence-electron chi connectivity index (χ3n) is 5.37. The van der Waals surface area contributed by atoms with E-state index in [4.69, 9.17) is 19.9 Å². The summed E-state index contributed by atoms with van der Waals surface area (Å²) >= 11 is 0. The first-order valence-electron chi connectivity index (χ1n) is 11.0. The summed E-state index contributed by atoms with van der Waals surface area (Å²) in [5.41, 5.74) is 6.02. The molecular weight excluding hydrogens is 462 g/mol. The maximum Gasteiger partial charge on any atom is 0.355 e. The zero-order chi connectivity index (χ0) is 26.6. The van der Waals surface area contributed by atoms with Crippen LogP contribution in [0.4, 0.5) is 5.69 Å². The molecule has 1 aliphatic rings. The van der Waals surface area contributed by atoms with Gasteiger partial charge in [0.05, 0.1) is 48.6 Å². The monoisotopic (exact) mass is 489 g/mol. The Hall–Kier alpha value is -4.58. The van der Waals surface area contributed by atoms with Crippen molar-refractivity contribution in [1.82, 2.24) is 0 Å². The molecular formula is C27H27N3O6. The van der Waals surface area contributed by atoms with Gasteiger partial charge in [-0.05, 0) is 38.5 Å². The molecule has 2 aromatic carbocycles. The lowest BCUT2D eigenvalue weighted by Gasteiger charge is -2.36. The van der Waals surface area contributed by atoms with Gasteiger partial charge in [0.15, 0.2) is 0 Å². The lowest BCUT2D eigenvalue weighted by Crippen LogP contribution is -2.41. The van der Waals surface area contributed by atoms with Crippen LogP contribution in [0, 0.1) is 11.3 Å². The van der Waals surface area contributed by atoms with Crippen molar-refractivity contribution in [3.63, 3.8) is 0 Å². The summed E-state index contributed by atoms with van der Waals surface area (Å²) in [5, 5.41) is 10.1. The number of nitrogens with two attached hydrogens (primary N) is 1. The average molecular weight is 490 g/mol. The second kappa shape index (κ2) is 10.4. The molecule has 1 unspecified atom stereocenters. The highest BCUT2D eigenvalue weighted by molar-refractivity contribution is 6.08. The number of carbonyl (C=O) groups is 3. The van der Waals surface area contributed by atoms with Crippen LogP contribution in [-0.2, 0) is 23.8 Å². The molecule has 0 spiro atoms. The minimum atomic E-state index is -1.01. The number of rotatable bonds is 5. The van der Waals surface area contributed by atoms with Gasteiger partial charge in [0, 0.05) is 0 Å². The van der Waals surface area contributed by atoms with Crippen LogP contribution < -0.4 is 10.6 Å². The first kappa shape index (κ1) is 26.0. The first-order chi connectivity index (χ1) is 17.1. The molecule has 1 heterocycles. The number of anilines is 1.